The number of hydrogen-bond acceptors (Lipinski definition) is 6. The van der Waals surface area contributed by atoms with E-state index in [1.807, 2.05) is 67.9 Å². The van der Waals surface area contributed by atoms with Crippen LogP contribution >= 0.6 is 11.8 Å². The number of benzene rings is 2. The van der Waals surface area contributed by atoms with Crippen LogP contribution in [-0.4, -0.2) is 33.1 Å². The lowest BCUT2D eigenvalue weighted by Crippen LogP contribution is -2.41. The Morgan fingerprint density at radius 3 is 2.67 bits per heavy atom. The van der Waals surface area contributed by atoms with Gasteiger partial charge in [-0.2, -0.15) is 0 Å². The molecule has 1 aliphatic heterocycles. The number of rotatable bonds is 5. The fraction of sp³-hybridized carbons (Fsp3) is 0.318. The molecule has 4 rings (SSSR count). The Labute approximate surface area is 180 Å². The van der Waals surface area contributed by atoms with Crippen molar-refractivity contribution in [3.05, 3.63) is 65.0 Å². The van der Waals surface area contributed by atoms with E-state index >= 15 is 0 Å². The number of ether oxygens (including phenoxy) is 1. The zero-order valence-electron chi connectivity index (χ0n) is 17.5. The van der Waals surface area contributed by atoms with Gasteiger partial charge in [-0.1, -0.05) is 43.0 Å². The van der Waals surface area contributed by atoms with E-state index in [2.05, 4.69) is 20.9 Å². The van der Waals surface area contributed by atoms with Gasteiger partial charge in [0.25, 0.3) is 0 Å². The van der Waals surface area contributed by atoms with Gasteiger partial charge < -0.3 is 15.5 Å². The van der Waals surface area contributed by atoms with Crippen molar-refractivity contribution in [3.63, 3.8) is 0 Å². The van der Waals surface area contributed by atoms with Crippen LogP contribution in [0.1, 0.15) is 35.5 Å². The standard InChI is InChI=1S/C22H25N5O2S/c1-5-18-24-25-22-27(18)26-19(15-9-11-16(29-4)12-10-15)20(30-22)21(28)23-17-8-6-7-13(2)14(17)3/h6-12,19-20,26H,5H2,1-4H3,(H,23,28)/t19-,20-/m1/s1. The summed E-state index contributed by atoms with van der Waals surface area (Å²) < 4.78 is 7.17. The molecule has 2 aromatic carbocycles. The lowest BCUT2D eigenvalue weighted by molar-refractivity contribution is -0.116. The number of aryl methyl sites for hydroxylation is 2. The largest absolute Gasteiger partial charge is 0.497 e. The normalized spacial score (nSPS) is 17.7. The topological polar surface area (TPSA) is 81.1 Å². The van der Waals surface area contributed by atoms with Gasteiger partial charge in [-0.3, -0.25) is 4.79 Å². The van der Waals surface area contributed by atoms with Crippen molar-refractivity contribution < 1.29 is 9.53 Å². The molecule has 0 aliphatic carbocycles. The molecule has 1 aromatic heterocycles. The van der Waals surface area contributed by atoms with Crippen LogP contribution in [0.3, 0.4) is 0 Å². The minimum atomic E-state index is -0.417. The molecule has 0 radical (unpaired) electrons. The molecular formula is C22H25N5O2S. The first-order valence-corrected chi connectivity index (χ1v) is 10.8. The second-order valence-electron chi connectivity index (χ2n) is 7.24. The highest BCUT2D eigenvalue weighted by Gasteiger charge is 2.37. The lowest BCUT2D eigenvalue weighted by Gasteiger charge is -2.33. The number of thioether (sulfide) groups is 1. The first kappa shape index (κ1) is 20.3. The number of aromatic nitrogens is 3. The Bertz CT molecular complexity index is 1060. The molecule has 3 aromatic rings. The predicted molar refractivity (Wildman–Crippen MR) is 119 cm³/mol. The molecule has 0 saturated carbocycles. The zero-order chi connectivity index (χ0) is 21.3. The van der Waals surface area contributed by atoms with Crippen molar-refractivity contribution >= 4 is 23.4 Å². The van der Waals surface area contributed by atoms with E-state index in [0.29, 0.717) is 5.16 Å². The third-order valence-electron chi connectivity index (χ3n) is 5.42. The van der Waals surface area contributed by atoms with E-state index < -0.39 is 5.25 Å². The fourth-order valence-corrected chi connectivity index (χ4v) is 4.58. The summed E-state index contributed by atoms with van der Waals surface area (Å²) in [6, 6.07) is 13.5. The van der Waals surface area contributed by atoms with E-state index in [9.17, 15) is 4.79 Å². The molecule has 0 saturated heterocycles. The average Bonchev–Trinajstić information content (AvgIpc) is 3.18. The number of anilines is 1. The van der Waals surface area contributed by atoms with Crippen molar-refractivity contribution in [2.75, 3.05) is 17.9 Å². The molecule has 0 fully saturated rings. The molecule has 156 valence electrons. The Morgan fingerprint density at radius 2 is 1.97 bits per heavy atom. The maximum absolute atomic E-state index is 13.4. The second kappa shape index (κ2) is 8.39. The van der Waals surface area contributed by atoms with Gasteiger partial charge in [0.15, 0.2) is 5.82 Å². The minimum Gasteiger partial charge on any atom is -0.497 e. The molecule has 0 unspecified atom stereocenters. The summed E-state index contributed by atoms with van der Waals surface area (Å²) in [6.07, 6.45) is 0.745. The van der Waals surface area contributed by atoms with Crippen LogP contribution in [0, 0.1) is 13.8 Å². The van der Waals surface area contributed by atoms with Gasteiger partial charge in [-0.25, -0.2) is 4.68 Å². The Hall–Kier alpha value is -3.00. The minimum absolute atomic E-state index is 0.0747. The summed E-state index contributed by atoms with van der Waals surface area (Å²) in [4.78, 5) is 13.4. The first-order valence-electron chi connectivity index (χ1n) is 9.90. The van der Waals surface area contributed by atoms with E-state index in [4.69, 9.17) is 4.74 Å². The van der Waals surface area contributed by atoms with Gasteiger partial charge in [0.2, 0.25) is 11.1 Å². The predicted octanol–water partition coefficient (Wildman–Crippen LogP) is 3.86. The Morgan fingerprint density at radius 1 is 1.20 bits per heavy atom. The van der Waals surface area contributed by atoms with Crippen LogP contribution in [0.15, 0.2) is 47.6 Å². The van der Waals surface area contributed by atoms with E-state index in [-0.39, 0.29) is 11.9 Å². The first-order chi connectivity index (χ1) is 14.5. The number of carbonyl (C=O) groups is 1. The van der Waals surface area contributed by atoms with Crippen LogP contribution < -0.4 is 15.5 Å². The monoisotopic (exact) mass is 423 g/mol. The van der Waals surface area contributed by atoms with Crippen molar-refractivity contribution in [3.8, 4) is 5.75 Å². The van der Waals surface area contributed by atoms with Crippen LogP contribution in [0.25, 0.3) is 0 Å². The van der Waals surface area contributed by atoms with Gasteiger partial charge in [0.1, 0.15) is 11.0 Å². The third kappa shape index (κ3) is 3.75. The number of fused-ring (bicyclic) bond motifs is 1. The Kier molecular flexibility index (Phi) is 5.67. The smallest absolute Gasteiger partial charge is 0.240 e. The van der Waals surface area contributed by atoms with Crippen LogP contribution in [0.4, 0.5) is 5.69 Å². The molecule has 30 heavy (non-hydrogen) atoms. The SMILES string of the molecule is CCc1nnc2n1N[C@H](c1ccc(OC)cc1)[C@H](C(=O)Nc1cccc(C)c1C)S2. The Balaban J connectivity index is 1.68. The highest BCUT2D eigenvalue weighted by molar-refractivity contribution is 8.00. The second-order valence-corrected chi connectivity index (χ2v) is 8.35. The van der Waals surface area contributed by atoms with E-state index in [0.717, 1.165) is 40.4 Å². The molecule has 8 heteroatoms. The summed E-state index contributed by atoms with van der Waals surface area (Å²) in [5.74, 6) is 1.54. The highest BCUT2D eigenvalue weighted by atomic mass is 32.2. The van der Waals surface area contributed by atoms with Crippen molar-refractivity contribution in [1.29, 1.82) is 0 Å². The molecule has 1 amide bonds. The number of nitrogens with zero attached hydrogens (tertiary/aromatic N) is 3. The van der Waals surface area contributed by atoms with Gasteiger partial charge in [0, 0.05) is 12.1 Å². The van der Waals surface area contributed by atoms with Gasteiger partial charge in [0.05, 0.1) is 13.2 Å². The number of amides is 1. The molecule has 1 aliphatic rings. The number of nitrogens with one attached hydrogen (secondary N) is 2. The van der Waals surface area contributed by atoms with Gasteiger partial charge >= 0.3 is 0 Å². The average molecular weight is 424 g/mol. The molecule has 2 N–H and O–H groups in total. The van der Waals surface area contributed by atoms with Crippen LogP contribution in [0.5, 0.6) is 5.75 Å². The van der Waals surface area contributed by atoms with E-state index in [1.54, 1.807) is 7.11 Å². The highest BCUT2D eigenvalue weighted by Crippen LogP contribution is 2.38. The van der Waals surface area contributed by atoms with Crippen molar-refractivity contribution in [2.45, 2.75) is 43.6 Å². The van der Waals surface area contributed by atoms with E-state index in [1.165, 1.54) is 11.8 Å². The number of methoxy groups -OCH3 is 1. The maximum atomic E-state index is 13.4. The summed E-state index contributed by atoms with van der Waals surface area (Å²) >= 11 is 1.43. The quantitative estimate of drug-likeness (QED) is 0.649. The molecule has 0 bridgehead atoms. The van der Waals surface area contributed by atoms with Crippen LogP contribution in [-0.2, 0) is 11.2 Å². The van der Waals surface area contributed by atoms with Crippen molar-refractivity contribution in [2.24, 2.45) is 0 Å². The summed E-state index contributed by atoms with van der Waals surface area (Å²) in [5.41, 5.74) is 7.49. The van der Waals surface area contributed by atoms with Gasteiger partial charge in [-0.15, -0.1) is 10.2 Å². The molecular weight excluding hydrogens is 398 g/mol. The van der Waals surface area contributed by atoms with Gasteiger partial charge in [-0.05, 0) is 48.7 Å². The summed E-state index contributed by atoms with van der Waals surface area (Å²) in [6.45, 7) is 6.09. The summed E-state index contributed by atoms with van der Waals surface area (Å²) in [7, 11) is 1.64. The maximum Gasteiger partial charge on any atom is 0.240 e. The zero-order valence-corrected chi connectivity index (χ0v) is 18.3. The van der Waals surface area contributed by atoms with Crippen molar-refractivity contribution in [1.82, 2.24) is 14.9 Å². The molecule has 0 spiro atoms. The molecule has 2 atom stereocenters. The molecule has 2 heterocycles. The summed E-state index contributed by atoms with van der Waals surface area (Å²) in [5, 5.41) is 11.9. The number of hydrogen-bond donors (Lipinski definition) is 2. The fourth-order valence-electron chi connectivity index (χ4n) is 3.48. The lowest BCUT2D eigenvalue weighted by atomic mass is 10.0. The molecule has 7 nitrogen and oxygen atoms in total. The number of carbonyl (C=O) groups excluding carboxylic acids is 1. The third-order valence-corrected chi connectivity index (χ3v) is 6.63. The van der Waals surface area contributed by atoms with Crippen LogP contribution in [0.2, 0.25) is 0 Å².